The number of carbonyl (C=O) groups is 1. The molecular formula is C12H16F2O2Te. The van der Waals surface area contributed by atoms with Crippen LogP contribution in [0.1, 0.15) is 19.8 Å². The Bertz CT molecular complexity index is 355. The SMILES string of the molecule is CCOC(=O)CCC[Te](F)(F)c1ccccc1. The maximum atomic E-state index is 13.8. The quantitative estimate of drug-likeness (QED) is 0.578. The van der Waals surface area contributed by atoms with Crippen molar-refractivity contribution in [3.63, 3.8) is 0 Å². The minimum atomic E-state index is -4.93. The average molecular weight is 358 g/mol. The van der Waals surface area contributed by atoms with Crippen molar-refractivity contribution in [2.45, 2.75) is 24.2 Å². The zero-order valence-electron chi connectivity index (χ0n) is 9.70. The van der Waals surface area contributed by atoms with Gasteiger partial charge in [-0.2, -0.15) is 0 Å². The first-order chi connectivity index (χ1) is 8.06. The summed E-state index contributed by atoms with van der Waals surface area (Å²) in [6.45, 7) is 2.00. The van der Waals surface area contributed by atoms with E-state index >= 15 is 0 Å². The van der Waals surface area contributed by atoms with Gasteiger partial charge in [-0.3, -0.25) is 0 Å². The van der Waals surface area contributed by atoms with Crippen LogP contribution < -0.4 is 3.61 Å². The first kappa shape index (κ1) is 14.4. The second-order valence-corrected chi connectivity index (χ2v) is 9.29. The van der Waals surface area contributed by atoms with E-state index in [9.17, 15) is 10.6 Å². The van der Waals surface area contributed by atoms with E-state index < -0.39 is 19.3 Å². The van der Waals surface area contributed by atoms with Crippen molar-refractivity contribution in [3.05, 3.63) is 30.3 Å². The number of carbonyl (C=O) groups excluding carboxylic acids is 1. The van der Waals surface area contributed by atoms with Crippen molar-refractivity contribution in [1.82, 2.24) is 0 Å². The van der Waals surface area contributed by atoms with Crippen LogP contribution in [0.3, 0.4) is 0 Å². The molecule has 96 valence electrons. The monoisotopic (exact) mass is 360 g/mol. The van der Waals surface area contributed by atoms with Gasteiger partial charge < -0.3 is 0 Å². The molecule has 0 spiro atoms. The molecule has 0 aliphatic heterocycles. The van der Waals surface area contributed by atoms with Crippen LogP contribution in [0.4, 0.5) is 5.78 Å². The molecule has 0 atom stereocenters. The summed E-state index contributed by atoms with van der Waals surface area (Å²) in [6.07, 6.45) is 0.296. The summed E-state index contributed by atoms with van der Waals surface area (Å²) in [6, 6.07) is 7.93. The second kappa shape index (κ2) is 6.93. The molecule has 0 unspecified atom stereocenters. The van der Waals surface area contributed by atoms with E-state index in [1.165, 1.54) is 12.1 Å². The van der Waals surface area contributed by atoms with E-state index in [1.807, 2.05) is 0 Å². The number of hydrogen-bond donors (Lipinski definition) is 0. The molecule has 0 radical (unpaired) electrons. The fraction of sp³-hybridized carbons (Fsp3) is 0.417. The number of benzene rings is 1. The van der Waals surface area contributed by atoms with Crippen LogP contribution in [0, 0.1) is 0 Å². The van der Waals surface area contributed by atoms with Gasteiger partial charge in [0.25, 0.3) is 0 Å². The predicted molar refractivity (Wildman–Crippen MR) is 64.7 cm³/mol. The zero-order chi connectivity index (χ0) is 12.7. The molecule has 0 fully saturated rings. The Morgan fingerprint density at radius 1 is 1.29 bits per heavy atom. The Morgan fingerprint density at radius 3 is 2.53 bits per heavy atom. The molecule has 1 aromatic rings. The van der Waals surface area contributed by atoms with Crippen LogP contribution in [-0.2, 0) is 9.53 Å². The van der Waals surface area contributed by atoms with E-state index in [1.54, 1.807) is 25.1 Å². The van der Waals surface area contributed by atoms with Crippen molar-refractivity contribution < 1.29 is 15.3 Å². The molecular weight excluding hydrogens is 342 g/mol. The van der Waals surface area contributed by atoms with E-state index in [0.29, 0.717) is 6.61 Å². The van der Waals surface area contributed by atoms with E-state index in [2.05, 4.69) is 0 Å². The molecule has 1 rings (SSSR count). The molecule has 0 heterocycles. The van der Waals surface area contributed by atoms with Crippen LogP contribution >= 0.6 is 0 Å². The maximum absolute atomic E-state index is 13.8. The molecule has 2 nitrogen and oxygen atoms in total. The van der Waals surface area contributed by atoms with Gasteiger partial charge in [-0.05, 0) is 0 Å². The van der Waals surface area contributed by atoms with Gasteiger partial charge in [0, 0.05) is 0 Å². The summed E-state index contributed by atoms with van der Waals surface area (Å²) in [5.74, 6) is -0.390. The Hall–Kier alpha value is -0.660. The van der Waals surface area contributed by atoms with Gasteiger partial charge in [0.15, 0.2) is 0 Å². The fourth-order valence-corrected chi connectivity index (χ4v) is 5.07. The number of esters is 1. The molecule has 0 saturated carbocycles. The van der Waals surface area contributed by atoms with Gasteiger partial charge in [-0.15, -0.1) is 0 Å². The first-order valence-corrected chi connectivity index (χ1v) is 10.0. The third kappa shape index (κ3) is 5.01. The standard InChI is InChI=1S/C12H16F2O2Te/c1-2-16-12(15)9-6-10-17(13,14)11-7-4-3-5-8-11/h3-5,7-8H,2,6,9-10H2,1H3. The normalized spacial score (nSPS) is 12.2. The zero-order valence-corrected chi connectivity index (χ0v) is 12.0. The van der Waals surface area contributed by atoms with Crippen molar-refractivity contribution in [3.8, 4) is 0 Å². The summed E-state index contributed by atoms with van der Waals surface area (Å²) in [5.41, 5.74) is 0. The van der Waals surface area contributed by atoms with Crippen molar-refractivity contribution in [1.29, 1.82) is 0 Å². The Morgan fingerprint density at radius 2 is 1.94 bits per heavy atom. The molecule has 1 aromatic carbocycles. The van der Waals surface area contributed by atoms with Crippen LogP contribution in [0.2, 0.25) is 4.47 Å². The molecule has 0 aliphatic carbocycles. The van der Waals surface area contributed by atoms with Crippen molar-refractivity contribution in [2.75, 3.05) is 6.61 Å². The summed E-state index contributed by atoms with van der Waals surface area (Å²) < 4.78 is 32.4. The molecule has 0 aliphatic rings. The molecule has 0 N–H and O–H groups in total. The third-order valence-corrected chi connectivity index (χ3v) is 7.21. The van der Waals surface area contributed by atoms with Crippen LogP contribution in [-0.4, -0.2) is 31.9 Å². The van der Waals surface area contributed by atoms with Gasteiger partial charge in [0.05, 0.1) is 0 Å². The first-order valence-electron chi connectivity index (χ1n) is 5.47. The molecule has 0 amide bonds. The minimum absolute atomic E-state index is 0.0855. The molecule has 0 saturated heterocycles. The predicted octanol–water partition coefficient (Wildman–Crippen LogP) is 2.62. The Kier molecular flexibility index (Phi) is 5.87. The number of hydrogen-bond acceptors (Lipinski definition) is 2. The topological polar surface area (TPSA) is 26.3 Å². The summed E-state index contributed by atoms with van der Waals surface area (Å²) in [5, 5.41) is 0. The molecule has 5 heteroatoms. The van der Waals surface area contributed by atoms with Crippen molar-refractivity contribution in [2.24, 2.45) is 0 Å². The van der Waals surface area contributed by atoms with Crippen LogP contribution in [0.5, 0.6) is 0 Å². The Balaban J connectivity index is 2.43. The number of rotatable bonds is 6. The summed E-state index contributed by atoms with van der Waals surface area (Å²) in [4.78, 5) is 11.0. The summed E-state index contributed by atoms with van der Waals surface area (Å²) in [7, 11) is 0. The van der Waals surface area contributed by atoms with Crippen LogP contribution in [0.15, 0.2) is 30.3 Å². The Labute approximate surface area is 105 Å². The van der Waals surface area contributed by atoms with Gasteiger partial charge in [-0.1, -0.05) is 0 Å². The third-order valence-electron chi connectivity index (χ3n) is 2.17. The van der Waals surface area contributed by atoms with E-state index in [0.717, 1.165) is 0 Å². The molecule has 0 aromatic heterocycles. The van der Waals surface area contributed by atoms with Gasteiger partial charge in [-0.25, -0.2) is 0 Å². The van der Waals surface area contributed by atoms with E-state index in [4.69, 9.17) is 4.74 Å². The van der Waals surface area contributed by atoms with Crippen LogP contribution in [0.25, 0.3) is 0 Å². The van der Waals surface area contributed by atoms with Gasteiger partial charge in [0.1, 0.15) is 0 Å². The van der Waals surface area contributed by atoms with Gasteiger partial charge >= 0.3 is 105 Å². The summed E-state index contributed by atoms with van der Waals surface area (Å²) >= 11 is -4.93. The fourth-order valence-electron chi connectivity index (χ4n) is 1.37. The average Bonchev–Trinajstić information content (AvgIpc) is 2.30. The van der Waals surface area contributed by atoms with Gasteiger partial charge in [0.2, 0.25) is 0 Å². The molecule has 0 bridgehead atoms. The van der Waals surface area contributed by atoms with E-state index in [-0.39, 0.29) is 26.9 Å². The number of ether oxygens (including phenoxy) is 1. The second-order valence-electron chi connectivity index (χ2n) is 3.50. The molecule has 17 heavy (non-hydrogen) atoms. The van der Waals surface area contributed by atoms with Crippen molar-refractivity contribution >= 4 is 28.9 Å². The number of halogens is 2.